The Morgan fingerprint density at radius 2 is 1.18 bits per heavy atom. The molecule has 0 saturated heterocycles. The molecule has 0 aliphatic carbocycles. The van der Waals surface area contributed by atoms with Crippen molar-refractivity contribution >= 4 is 11.6 Å². The average Bonchev–Trinajstić information content (AvgIpc) is 2.41. The molecule has 2 rings (SSSR count). The molecular weight excluding hydrogens is 232 g/mol. The Morgan fingerprint density at radius 1 is 0.706 bits per heavy atom. The Balaban J connectivity index is 0.000000171. The van der Waals surface area contributed by atoms with E-state index in [1.165, 1.54) is 5.56 Å². The second kappa shape index (κ2) is 7.85. The fourth-order valence-electron chi connectivity index (χ4n) is 1.23. The van der Waals surface area contributed by atoms with E-state index in [9.17, 15) is 0 Å². The highest BCUT2D eigenvalue weighted by Crippen LogP contribution is 2.08. The summed E-state index contributed by atoms with van der Waals surface area (Å²) >= 11 is 5.63. The monoisotopic (exact) mass is 248 g/mol. The van der Waals surface area contributed by atoms with Gasteiger partial charge in [-0.15, -0.1) is 0 Å². The molecule has 3 heteroatoms. The maximum absolute atomic E-state index is 5.63. The average molecular weight is 249 g/mol. The molecule has 0 amide bonds. The van der Waals surface area contributed by atoms with E-state index in [1.54, 1.807) is 0 Å². The molecule has 90 valence electrons. The van der Waals surface area contributed by atoms with Crippen molar-refractivity contribution in [3.05, 3.63) is 70.7 Å². The molecule has 0 heterocycles. The third-order valence-electron chi connectivity index (χ3n) is 2.23. The third-order valence-corrected chi connectivity index (χ3v) is 2.48. The zero-order chi connectivity index (χ0) is 12.5. The van der Waals surface area contributed by atoms with Gasteiger partial charge in [0.25, 0.3) is 0 Å². The van der Waals surface area contributed by atoms with Crippen LogP contribution in [0.1, 0.15) is 11.1 Å². The van der Waals surface area contributed by atoms with Crippen molar-refractivity contribution in [1.82, 2.24) is 0 Å². The lowest BCUT2D eigenvalue weighted by Crippen LogP contribution is -1.94. The summed E-state index contributed by atoms with van der Waals surface area (Å²) in [5.74, 6) is 0. The lowest BCUT2D eigenvalue weighted by Gasteiger charge is -1.93. The van der Waals surface area contributed by atoms with Crippen LogP contribution in [-0.2, 0) is 13.1 Å². The van der Waals surface area contributed by atoms with E-state index < -0.39 is 0 Å². The van der Waals surface area contributed by atoms with Gasteiger partial charge in [0.1, 0.15) is 0 Å². The van der Waals surface area contributed by atoms with Crippen molar-refractivity contribution in [2.75, 3.05) is 0 Å². The molecule has 0 aliphatic rings. The molecule has 0 saturated carbocycles. The molecule has 17 heavy (non-hydrogen) atoms. The molecule has 2 nitrogen and oxygen atoms in total. The highest BCUT2D eigenvalue weighted by molar-refractivity contribution is 6.30. The van der Waals surface area contributed by atoms with Gasteiger partial charge in [-0.05, 0) is 23.3 Å². The zero-order valence-corrected chi connectivity index (χ0v) is 10.4. The molecular formula is C14H17ClN2. The van der Waals surface area contributed by atoms with Crippen LogP contribution in [0.25, 0.3) is 0 Å². The van der Waals surface area contributed by atoms with Gasteiger partial charge in [-0.1, -0.05) is 54.1 Å². The largest absolute Gasteiger partial charge is 0.326 e. The van der Waals surface area contributed by atoms with Gasteiger partial charge in [0.15, 0.2) is 0 Å². The minimum atomic E-state index is 0.581. The van der Waals surface area contributed by atoms with E-state index in [4.69, 9.17) is 23.1 Å². The molecule has 0 aromatic heterocycles. The molecule has 4 N–H and O–H groups in total. The van der Waals surface area contributed by atoms with Gasteiger partial charge in [0, 0.05) is 18.1 Å². The number of rotatable bonds is 2. The Bertz CT molecular complexity index is 412. The highest BCUT2D eigenvalue weighted by Gasteiger charge is 1.86. The van der Waals surface area contributed by atoms with Gasteiger partial charge in [0.05, 0.1) is 0 Å². The maximum atomic E-state index is 5.63. The third kappa shape index (κ3) is 5.50. The quantitative estimate of drug-likeness (QED) is 0.859. The van der Waals surface area contributed by atoms with Gasteiger partial charge in [-0.25, -0.2) is 0 Å². The standard InChI is InChI=1S/C7H8ClN.C7H9N/c8-7-3-1-6(5-9)2-4-7;8-6-7-4-2-1-3-5-7/h1-4H,5,9H2;1-5H,6,8H2. The summed E-state index contributed by atoms with van der Waals surface area (Å²) in [5, 5.41) is 0.757. The van der Waals surface area contributed by atoms with Crippen LogP contribution in [0.15, 0.2) is 54.6 Å². The van der Waals surface area contributed by atoms with E-state index in [0.717, 1.165) is 10.6 Å². The molecule has 2 aromatic carbocycles. The van der Waals surface area contributed by atoms with Gasteiger partial charge >= 0.3 is 0 Å². The molecule has 0 bridgehead atoms. The minimum absolute atomic E-state index is 0.581. The summed E-state index contributed by atoms with van der Waals surface area (Å²) in [4.78, 5) is 0. The Morgan fingerprint density at radius 3 is 1.59 bits per heavy atom. The van der Waals surface area contributed by atoms with Crippen LogP contribution < -0.4 is 11.5 Å². The molecule has 0 fully saturated rings. The van der Waals surface area contributed by atoms with E-state index in [0.29, 0.717) is 13.1 Å². The summed E-state index contributed by atoms with van der Waals surface area (Å²) in [6.45, 7) is 1.22. The van der Waals surface area contributed by atoms with Crippen LogP contribution in [-0.4, -0.2) is 0 Å². The predicted molar refractivity (Wildman–Crippen MR) is 73.7 cm³/mol. The maximum Gasteiger partial charge on any atom is 0.0406 e. The van der Waals surface area contributed by atoms with Crippen LogP contribution in [0.3, 0.4) is 0 Å². The summed E-state index contributed by atoms with van der Waals surface area (Å²) in [6, 6.07) is 17.5. The second-order valence-corrected chi connectivity index (χ2v) is 3.96. The summed E-state index contributed by atoms with van der Waals surface area (Å²) in [6.07, 6.45) is 0. The van der Waals surface area contributed by atoms with E-state index in [1.807, 2.05) is 54.6 Å². The van der Waals surface area contributed by atoms with Crippen LogP contribution in [0.5, 0.6) is 0 Å². The molecule has 0 aliphatic heterocycles. The van der Waals surface area contributed by atoms with Crippen molar-refractivity contribution in [2.45, 2.75) is 13.1 Å². The molecule has 0 unspecified atom stereocenters. The number of nitrogens with two attached hydrogens (primary N) is 2. The smallest absolute Gasteiger partial charge is 0.0406 e. The van der Waals surface area contributed by atoms with Crippen molar-refractivity contribution in [3.8, 4) is 0 Å². The summed E-state index contributed by atoms with van der Waals surface area (Å²) < 4.78 is 0. The number of hydrogen-bond donors (Lipinski definition) is 2. The molecule has 0 atom stereocenters. The molecule has 0 radical (unpaired) electrons. The van der Waals surface area contributed by atoms with Crippen LogP contribution >= 0.6 is 11.6 Å². The number of halogens is 1. The summed E-state index contributed by atoms with van der Waals surface area (Å²) in [7, 11) is 0. The van der Waals surface area contributed by atoms with Gasteiger partial charge in [-0.2, -0.15) is 0 Å². The zero-order valence-electron chi connectivity index (χ0n) is 9.64. The number of benzene rings is 2. The van der Waals surface area contributed by atoms with Gasteiger partial charge < -0.3 is 11.5 Å². The van der Waals surface area contributed by atoms with E-state index in [2.05, 4.69) is 0 Å². The van der Waals surface area contributed by atoms with E-state index >= 15 is 0 Å². The van der Waals surface area contributed by atoms with Crippen molar-refractivity contribution < 1.29 is 0 Å². The first-order chi connectivity index (χ1) is 8.26. The topological polar surface area (TPSA) is 52.0 Å². The van der Waals surface area contributed by atoms with Crippen molar-refractivity contribution in [2.24, 2.45) is 11.5 Å². The van der Waals surface area contributed by atoms with Crippen LogP contribution in [0, 0.1) is 0 Å². The van der Waals surface area contributed by atoms with Crippen molar-refractivity contribution in [1.29, 1.82) is 0 Å². The van der Waals surface area contributed by atoms with Gasteiger partial charge in [-0.3, -0.25) is 0 Å². The number of hydrogen-bond acceptors (Lipinski definition) is 2. The summed E-state index contributed by atoms with van der Waals surface area (Å²) in [5.41, 5.74) is 13.0. The lowest BCUT2D eigenvalue weighted by molar-refractivity contribution is 1.07. The first-order valence-corrected chi connectivity index (χ1v) is 5.82. The Hall–Kier alpha value is -1.35. The molecule has 0 spiro atoms. The first-order valence-electron chi connectivity index (χ1n) is 5.44. The van der Waals surface area contributed by atoms with E-state index in [-0.39, 0.29) is 0 Å². The van der Waals surface area contributed by atoms with Crippen molar-refractivity contribution in [3.63, 3.8) is 0 Å². The van der Waals surface area contributed by atoms with Crippen LogP contribution in [0.4, 0.5) is 0 Å². The Labute approximate surface area is 107 Å². The van der Waals surface area contributed by atoms with Gasteiger partial charge in [0.2, 0.25) is 0 Å². The molecule has 2 aromatic rings. The highest BCUT2D eigenvalue weighted by atomic mass is 35.5. The first kappa shape index (κ1) is 13.7. The SMILES string of the molecule is NCc1ccc(Cl)cc1.NCc1ccccc1. The predicted octanol–water partition coefficient (Wildman–Crippen LogP) is 2.94. The minimum Gasteiger partial charge on any atom is -0.326 e. The fourth-order valence-corrected chi connectivity index (χ4v) is 1.36. The Kier molecular flexibility index (Phi) is 6.33. The fraction of sp³-hybridized carbons (Fsp3) is 0.143. The second-order valence-electron chi connectivity index (χ2n) is 3.52. The lowest BCUT2D eigenvalue weighted by atomic mass is 10.2. The van der Waals surface area contributed by atoms with Crippen LogP contribution in [0.2, 0.25) is 5.02 Å². The normalized spacial score (nSPS) is 9.35.